The molecule has 0 unspecified atom stereocenters. The van der Waals surface area contributed by atoms with E-state index in [4.69, 9.17) is 5.11 Å². The van der Waals surface area contributed by atoms with E-state index in [1.54, 1.807) is 4.90 Å². The van der Waals surface area contributed by atoms with E-state index in [1.807, 2.05) is 0 Å². The maximum atomic E-state index is 11.3. The number of piperazine rings is 1. The topological polar surface area (TPSA) is 43.8 Å². The molecule has 1 saturated heterocycles. The molecule has 1 rings (SSSR count). The molecule has 0 aromatic heterocycles. The first-order valence-corrected chi connectivity index (χ1v) is 4.99. The monoisotopic (exact) mass is 198 g/mol. The van der Waals surface area contributed by atoms with Gasteiger partial charge in [-0.1, -0.05) is 13.5 Å². The van der Waals surface area contributed by atoms with Crippen LogP contribution >= 0.6 is 0 Å². The number of likely N-dealkylation sites (N-methyl/N-ethyl adjacent to an activating group) is 1. The standard InChI is InChI=1S/C10H18N2O2/c1-3-10(14)12-6-5-11(4-2)9(7-12)8-13/h3,9,13H,1,4-8H2,2H3/t9-/m1/s1. The highest BCUT2D eigenvalue weighted by molar-refractivity contribution is 5.87. The van der Waals surface area contributed by atoms with Gasteiger partial charge in [0.2, 0.25) is 5.91 Å². The summed E-state index contributed by atoms with van der Waals surface area (Å²) in [4.78, 5) is 15.3. The fraction of sp³-hybridized carbons (Fsp3) is 0.700. The van der Waals surface area contributed by atoms with Crippen LogP contribution in [0.25, 0.3) is 0 Å². The molecule has 1 N–H and O–H groups in total. The van der Waals surface area contributed by atoms with Gasteiger partial charge in [0.1, 0.15) is 0 Å². The van der Waals surface area contributed by atoms with Crippen LogP contribution in [0.4, 0.5) is 0 Å². The van der Waals surface area contributed by atoms with Crippen LogP contribution in [0, 0.1) is 0 Å². The summed E-state index contributed by atoms with van der Waals surface area (Å²) in [5, 5.41) is 9.16. The minimum Gasteiger partial charge on any atom is -0.395 e. The van der Waals surface area contributed by atoms with E-state index in [0.29, 0.717) is 6.54 Å². The maximum Gasteiger partial charge on any atom is 0.246 e. The van der Waals surface area contributed by atoms with Gasteiger partial charge in [0.25, 0.3) is 0 Å². The predicted molar refractivity (Wildman–Crippen MR) is 54.9 cm³/mol. The molecule has 1 heterocycles. The molecule has 0 bridgehead atoms. The summed E-state index contributed by atoms with van der Waals surface area (Å²) in [6.07, 6.45) is 1.33. The maximum absolute atomic E-state index is 11.3. The fourth-order valence-electron chi connectivity index (χ4n) is 1.81. The number of hydrogen-bond acceptors (Lipinski definition) is 3. The fourth-order valence-corrected chi connectivity index (χ4v) is 1.81. The quantitative estimate of drug-likeness (QED) is 0.633. The van der Waals surface area contributed by atoms with Crippen molar-refractivity contribution in [1.82, 2.24) is 9.80 Å². The molecular formula is C10H18N2O2. The third kappa shape index (κ3) is 2.33. The molecule has 0 saturated carbocycles. The molecule has 1 aliphatic rings. The predicted octanol–water partition coefficient (Wildman–Crippen LogP) is -0.303. The highest BCUT2D eigenvalue weighted by Crippen LogP contribution is 2.09. The Morgan fingerprint density at radius 3 is 2.86 bits per heavy atom. The lowest BCUT2D eigenvalue weighted by molar-refractivity contribution is -0.129. The molecule has 0 aliphatic carbocycles. The van der Waals surface area contributed by atoms with Crippen LogP contribution in [0.3, 0.4) is 0 Å². The zero-order chi connectivity index (χ0) is 10.6. The van der Waals surface area contributed by atoms with Gasteiger partial charge in [-0.15, -0.1) is 0 Å². The van der Waals surface area contributed by atoms with Gasteiger partial charge < -0.3 is 10.0 Å². The second-order valence-corrected chi connectivity index (χ2v) is 3.45. The van der Waals surface area contributed by atoms with Crippen molar-refractivity contribution in [3.63, 3.8) is 0 Å². The molecule has 0 spiro atoms. The Morgan fingerprint density at radius 1 is 1.64 bits per heavy atom. The van der Waals surface area contributed by atoms with Crippen LogP contribution in [0.1, 0.15) is 6.92 Å². The average Bonchev–Trinajstić information content (AvgIpc) is 2.26. The number of rotatable bonds is 3. The largest absolute Gasteiger partial charge is 0.395 e. The van der Waals surface area contributed by atoms with E-state index in [2.05, 4.69) is 18.4 Å². The Hall–Kier alpha value is -0.870. The van der Waals surface area contributed by atoms with Crippen molar-refractivity contribution in [2.24, 2.45) is 0 Å². The van der Waals surface area contributed by atoms with Crippen molar-refractivity contribution in [2.45, 2.75) is 13.0 Å². The van der Waals surface area contributed by atoms with E-state index in [-0.39, 0.29) is 18.6 Å². The van der Waals surface area contributed by atoms with Gasteiger partial charge >= 0.3 is 0 Å². The second kappa shape index (κ2) is 5.12. The number of amides is 1. The van der Waals surface area contributed by atoms with Gasteiger partial charge in [0.05, 0.1) is 12.6 Å². The lowest BCUT2D eigenvalue weighted by atomic mass is 10.1. The van der Waals surface area contributed by atoms with Crippen LogP contribution in [-0.2, 0) is 4.79 Å². The molecular weight excluding hydrogens is 180 g/mol. The Labute approximate surface area is 84.8 Å². The van der Waals surface area contributed by atoms with Crippen molar-refractivity contribution in [3.05, 3.63) is 12.7 Å². The van der Waals surface area contributed by atoms with Crippen molar-refractivity contribution in [1.29, 1.82) is 0 Å². The molecule has 4 heteroatoms. The van der Waals surface area contributed by atoms with E-state index in [1.165, 1.54) is 6.08 Å². The molecule has 1 fully saturated rings. The number of nitrogens with zero attached hydrogens (tertiary/aromatic N) is 2. The number of hydrogen-bond donors (Lipinski definition) is 1. The Balaban J connectivity index is 2.56. The lowest BCUT2D eigenvalue weighted by Crippen LogP contribution is -2.55. The Morgan fingerprint density at radius 2 is 2.36 bits per heavy atom. The van der Waals surface area contributed by atoms with Gasteiger partial charge in [-0.3, -0.25) is 9.69 Å². The van der Waals surface area contributed by atoms with E-state index in [9.17, 15) is 4.79 Å². The smallest absolute Gasteiger partial charge is 0.246 e. The lowest BCUT2D eigenvalue weighted by Gasteiger charge is -2.39. The third-order valence-corrected chi connectivity index (χ3v) is 2.71. The number of carbonyl (C=O) groups is 1. The van der Waals surface area contributed by atoms with Crippen LogP contribution in [0.15, 0.2) is 12.7 Å². The van der Waals surface area contributed by atoms with E-state index < -0.39 is 0 Å². The molecule has 14 heavy (non-hydrogen) atoms. The summed E-state index contributed by atoms with van der Waals surface area (Å²) < 4.78 is 0. The third-order valence-electron chi connectivity index (χ3n) is 2.71. The first-order chi connectivity index (χ1) is 6.72. The van der Waals surface area contributed by atoms with Gasteiger partial charge in [0.15, 0.2) is 0 Å². The normalized spacial score (nSPS) is 23.6. The second-order valence-electron chi connectivity index (χ2n) is 3.45. The zero-order valence-electron chi connectivity index (χ0n) is 8.65. The van der Waals surface area contributed by atoms with Crippen molar-refractivity contribution < 1.29 is 9.90 Å². The SMILES string of the molecule is C=CC(=O)N1CCN(CC)[C@@H](CO)C1. The molecule has 0 aromatic carbocycles. The summed E-state index contributed by atoms with van der Waals surface area (Å²) in [7, 11) is 0. The van der Waals surface area contributed by atoms with Gasteiger partial charge in [-0.25, -0.2) is 0 Å². The minimum absolute atomic E-state index is 0.0424. The van der Waals surface area contributed by atoms with Gasteiger partial charge in [-0.2, -0.15) is 0 Å². The van der Waals surface area contributed by atoms with E-state index in [0.717, 1.165) is 19.6 Å². The highest BCUT2D eigenvalue weighted by atomic mass is 16.3. The first kappa shape index (κ1) is 11.2. The Kier molecular flexibility index (Phi) is 4.10. The molecule has 0 radical (unpaired) electrons. The zero-order valence-corrected chi connectivity index (χ0v) is 8.65. The summed E-state index contributed by atoms with van der Waals surface area (Å²) in [5.41, 5.74) is 0. The van der Waals surface area contributed by atoms with E-state index >= 15 is 0 Å². The van der Waals surface area contributed by atoms with Crippen LogP contribution in [0.5, 0.6) is 0 Å². The molecule has 1 atom stereocenters. The minimum atomic E-state index is -0.0424. The summed E-state index contributed by atoms with van der Waals surface area (Å²) >= 11 is 0. The van der Waals surface area contributed by atoms with Crippen molar-refractivity contribution >= 4 is 5.91 Å². The van der Waals surface area contributed by atoms with Crippen molar-refractivity contribution in [2.75, 3.05) is 32.8 Å². The van der Waals surface area contributed by atoms with Crippen LogP contribution in [0.2, 0.25) is 0 Å². The van der Waals surface area contributed by atoms with Crippen LogP contribution in [-0.4, -0.2) is 59.6 Å². The molecule has 4 nitrogen and oxygen atoms in total. The number of aliphatic hydroxyl groups is 1. The molecule has 0 aromatic rings. The van der Waals surface area contributed by atoms with Crippen molar-refractivity contribution in [3.8, 4) is 0 Å². The average molecular weight is 198 g/mol. The first-order valence-electron chi connectivity index (χ1n) is 4.99. The van der Waals surface area contributed by atoms with Gasteiger partial charge in [-0.05, 0) is 12.6 Å². The molecule has 80 valence electrons. The summed E-state index contributed by atoms with van der Waals surface area (Å²) in [6, 6.07) is 0.0812. The Bertz CT molecular complexity index is 218. The summed E-state index contributed by atoms with van der Waals surface area (Å²) in [5.74, 6) is -0.0424. The summed E-state index contributed by atoms with van der Waals surface area (Å²) in [6.45, 7) is 8.72. The molecule has 1 amide bonds. The number of aliphatic hydroxyl groups excluding tert-OH is 1. The highest BCUT2D eigenvalue weighted by Gasteiger charge is 2.26. The molecule has 1 aliphatic heterocycles. The van der Waals surface area contributed by atoms with Crippen LogP contribution < -0.4 is 0 Å². The van der Waals surface area contributed by atoms with Gasteiger partial charge in [0, 0.05) is 19.6 Å². The number of carbonyl (C=O) groups excluding carboxylic acids is 1.